The summed E-state index contributed by atoms with van der Waals surface area (Å²) in [5.74, 6) is 0.0195. The molecule has 1 heterocycles. The quantitative estimate of drug-likeness (QED) is 0.598. The van der Waals surface area contributed by atoms with Gasteiger partial charge in [-0.25, -0.2) is 0 Å². The van der Waals surface area contributed by atoms with E-state index in [4.69, 9.17) is 0 Å². The molecule has 0 N–H and O–H groups in total. The van der Waals surface area contributed by atoms with Gasteiger partial charge in [0, 0.05) is 18.5 Å². The molecule has 0 amide bonds. The summed E-state index contributed by atoms with van der Waals surface area (Å²) in [6.07, 6.45) is 1.77. The zero-order valence-corrected chi connectivity index (χ0v) is 7.45. The minimum Gasteiger partial charge on any atom is -0.287 e. The second-order valence-corrected chi connectivity index (χ2v) is 3.06. The molecular weight excluding hydrogens is 162 g/mol. The maximum Gasteiger partial charge on any atom is 0.227 e. The third-order valence-corrected chi connectivity index (χ3v) is 2.13. The van der Waals surface area contributed by atoms with Gasteiger partial charge in [-0.3, -0.25) is 9.36 Å². The van der Waals surface area contributed by atoms with E-state index in [-0.39, 0.29) is 5.91 Å². The van der Waals surface area contributed by atoms with Crippen molar-refractivity contribution in [3.8, 4) is 0 Å². The highest BCUT2D eigenvalue weighted by Crippen LogP contribution is 2.19. The summed E-state index contributed by atoms with van der Waals surface area (Å²) >= 11 is 0. The summed E-state index contributed by atoms with van der Waals surface area (Å²) in [6, 6.07) is 7.76. The first kappa shape index (κ1) is 8.05. The zero-order chi connectivity index (χ0) is 9.42. The Morgan fingerprint density at radius 3 is 2.77 bits per heavy atom. The van der Waals surface area contributed by atoms with E-state index in [2.05, 4.69) is 6.92 Å². The van der Waals surface area contributed by atoms with Crippen molar-refractivity contribution in [2.75, 3.05) is 0 Å². The molecule has 0 aliphatic carbocycles. The van der Waals surface area contributed by atoms with Gasteiger partial charge in [-0.2, -0.15) is 0 Å². The van der Waals surface area contributed by atoms with Crippen LogP contribution >= 0.6 is 0 Å². The van der Waals surface area contributed by atoms with Crippen LogP contribution in [0.1, 0.15) is 17.3 Å². The summed E-state index contributed by atoms with van der Waals surface area (Å²) < 4.78 is 1.62. The Bertz CT molecular complexity index is 468. The van der Waals surface area contributed by atoms with Crippen LogP contribution in [0.2, 0.25) is 0 Å². The van der Waals surface area contributed by atoms with E-state index in [0.717, 1.165) is 16.5 Å². The largest absolute Gasteiger partial charge is 0.287 e. The topological polar surface area (TPSA) is 22.0 Å². The molecule has 2 aromatic rings. The number of para-hydroxylation sites is 1. The monoisotopic (exact) mass is 172 g/mol. The molecule has 0 saturated carbocycles. The Morgan fingerprint density at radius 1 is 1.38 bits per heavy atom. The van der Waals surface area contributed by atoms with Gasteiger partial charge < -0.3 is 0 Å². The van der Waals surface area contributed by atoms with Gasteiger partial charge in [0.25, 0.3) is 0 Å². The molecule has 65 valence electrons. The van der Waals surface area contributed by atoms with Crippen molar-refractivity contribution in [2.45, 2.75) is 6.92 Å². The molecule has 13 heavy (non-hydrogen) atoms. The van der Waals surface area contributed by atoms with Crippen molar-refractivity contribution in [2.24, 2.45) is 0 Å². The summed E-state index contributed by atoms with van der Waals surface area (Å²) in [7, 11) is 0. The van der Waals surface area contributed by atoms with Gasteiger partial charge in [0.1, 0.15) is 0 Å². The number of aromatic nitrogens is 1. The maximum absolute atomic E-state index is 11.2. The van der Waals surface area contributed by atoms with Gasteiger partial charge >= 0.3 is 0 Å². The first-order chi connectivity index (χ1) is 6.20. The minimum absolute atomic E-state index is 0.0195. The average Bonchev–Trinajstić information content (AvgIpc) is 2.45. The van der Waals surface area contributed by atoms with Crippen LogP contribution in [0.15, 0.2) is 30.5 Å². The summed E-state index contributed by atoms with van der Waals surface area (Å²) in [4.78, 5) is 11.2. The first-order valence-electron chi connectivity index (χ1n) is 4.13. The van der Waals surface area contributed by atoms with Gasteiger partial charge in [-0.15, -0.1) is 0 Å². The molecule has 2 rings (SSSR count). The molecule has 0 atom stereocenters. The van der Waals surface area contributed by atoms with Crippen LogP contribution < -0.4 is 0 Å². The van der Waals surface area contributed by atoms with Crippen molar-refractivity contribution < 1.29 is 4.79 Å². The van der Waals surface area contributed by atoms with Crippen molar-refractivity contribution in [1.29, 1.82) is 0 Å². The third kappa shape index (κ3) is 1.15. The SMILES string of the molecule is [CH2]c1cn(C(C)=O)c2ccccc12. The number of hydrogen-bond donors (Lipinski definition) is 0. The lowest BCUT2D eigenvalue weighted by molar-refractivity contribution is 0.0941. The second kappa shape index (κ2) is 2.73. The van der Waals surface area contributed by atoms with Crippen LogP contribution in [-0.2, 0) is 0 Å². The summed E-state index contributed by atoms with van der Waals surface area (Å²) in [5, 5.41) is 1.04. The van der Waals surface area contributed by atoms with E-state index < -0.39 is 0 Å². The summed E-state index contributed by atoms with van der Waals surface area (Å²) in [6.45, 7) is 5.43. The fourth-order valence-corrected chi connectivity index (χ4v) is 1.51. The first-order valence-corrected chi connectivity index (χ1v) is 4.13. The lowest BCUT2D eigenvalue weighted by atomic mass is 10.2. The lowest BCUT2D eigenvalue weighted by Gasteiger charge is -1.97. The highest BCUT2D eigenvalue weighted by atomic mass is 16.1. The van der Waals surface area contributed by atoms with Gasteiger partial charge in [0.2, 0.25) is 5.91 Å². The predicted molar refractivity (Wildman–Crippen MR) is 52.7 cm³/mol. The Kier molecular flexibility index (Phi) is 1.69. The fraction of sp³-hybridized carbons (Fsp3) is 0.0909. The van der Waals surface area contributed by atoms with E-state index in [1.165, 1.54) is 0 Å². The van der Waals surface area contributed by atoms with Crippen LogP contribution in [0.5, 0.6) is 0 Å². The number of nitrogens with zero attached hydrogens (tertiary/aromatic N) is 1. The van der Waals surface area contributed by atoms with E-state index in [1.54, 1.807) is 17.7 Å². The van der Waals surface area contributed by atoms with Crippen molar-refractivity contribution in [1.82, 2.24) is 4.57 Å². The van der Waals surface area contributed by atoms with Crippen molar-refractivity contribution >= 4 is 16.8 Å². The summed E-state index contributed by atoms with van der Waals surface area (Å²) in [5.41, 5.74) is 1.82. The maximum atomic E-state index is 11.2. The average molecular weight is 172 g/mol. The molecule has 0 bridgehead atoms. The van der Waals surface area contributed by atoms with Crippen molar-refractivity contribution in [3.05, 3.63) is 42.9 Å². The Hall–Kier alpha value is -1.57. The van der Waals surface area contributed by atoms with E-state index in [1.807, 2.05) is 24.3 Å². The number of carbonyl (C=O) groups excluding carboxylic acids is 1. The number of hydrogen-bond acceptors (Lipinski definition) is 1. The molecule has 2 nitrogen and oxygen atoms in total. The highest BCUT2D eigenvalue weighted by Gasteiger charge is 2.06. The van der Waals surface area contributed by atoms with Gasteiger partial charge in [-0.1, -0.05) is 18.2 Å². The third-order valence-electron chi connectivity index (χ3n) is 2.13. The Labute approximate surface area is 76.8 Å². The normalized spacial score (nSPS) is 10.6. The number of carbonyl (C=O) groups is 1. The molecule has 0 fully saturated rings. The van der Waals surface area contributed by atoms with Gasteiger partial charge in [0.15, 0.2) is 0 Å². The predicted octanol–water partition coefficient (Wildman–Crippen LogP) is 2.48. The number of fused-ring (bicyclic) bond motifs is 1. The molecule has 1 radical (unpaired) electrons. The van der Waals surface area contributed by atoms with Crippen LogP contribution in [0, 0.1) is 6.92 Å². The second-order valence-electron chi connectivity index (χ2n) is 3.06. The molecular formula is C11H10NO. The molecule has 1 aromatic carbocycles. The zero-order valence-electron chi connectivity index (χ0n) is 7.45. The molecule has 2 heteroatoms. The smallest absolute Gasteiger partial charge is 0.227 e. The highest BCUT2D eigenvalue weighted by molar-refractivity contribution is 5.93. The fourth-order valence-electron chi connectivity index (χ4n) is 1.51. The standard InChI is InChI=1S/C11H10NO/c1-8-7-12(9(2)13)11-6-4-3-5-10(8)11/h3-7H,1H2,2H3. The number of rotatable bonds is 0. The molecule has 0 aliphatic heterocycles. The van der Waals surface area contributed by atoms with Gasteiger partial charge in [-0.05, 0) is 18.6 Å². The van der Waals surface area contributed by atoms with Crippen LogP contribution in [0.4, 0.5) is 0 Å². The van der Waals surface area contributed by atoms with Crippen LogP contribution in [0.25, 0.3) is 10.9 Å². The molecule has 1 aromatic heterocycles. The number of benzene rings is 1. The van der Waals surface area contributed by atoms with Crippen LogP contribution in [0.3, 0.4) is 0 Å². The lowest BCUT2D eigenvalue weighted by Crippen LogP contribution is -2.02. The Balaban J connectivity index is 2.85. The molecule has 0 spiro atoms. The van der Waals surface area contributed by atoms with E-state index in [0.29, 0.717) is 0 Å². The van der Waals surface area contributed by atoms with Gasteiger partial charge in [0.05, 0.1) is 5.52 Å². The minimum atomic E-state index is 0.0195. The Morgan fingerprint density at radius 2 is 2.08 bits per heavy atom. The molecule has 0 aliphatic rings. The van der Waals surface area contributed by atoms with Crippen molar-refractivity contribution in [3.63, 3.8) is 0 Å². The molecule has 0 unspecified atom stereocenters. The molecule has 0 saturated heterocycles. The van der Waals surface area contributed by atoms with E-state index >= 15 is 0 Å². The van der Waals surface area contributed by atoms with E-state index in [9.17, 15) is 4.79 Å². The van der Waals surface area contributed by atoms with Crippen LogP contribution in [-0.4, -0.2) is 10.5 Å².